The number of hydrogen-bond acceptors (Lipinski definition) is 9. The number of nitriles is 1. The van der Waals surface area contributed by atoms with Crippen molar-refractivity contribution in [3.8, 4) is 6.07 Å². The number of hydrazine groups is 1. The number of hydrogen-bond donors (Lipinski definition) is 3. The van der Waals surface area contributed by atoms with Crippen LogP contribution in [0.3, 0.4) is 0 Å². The molecule has 9 nitrogen and oxygen atoms in total. The first-order valence-electron chi connectivity index (χ1n) is 6.89. The Morgan fingerprint density at radius 3 is 3.30 bits per heavy atom. The van der Waals surface area contributed by atoms with Crippen LogP contribution < -0.4 is 11.3 Å². The maximum atomic E-state index is 10.9. The molecule has 2 rings (SSSR count). The Kier molecular flexibility index (Phi) is 7.23. The number of rotatable bonds is 9. The molecule has 1 aliphatic heterocycles. The minimum absolute atomic E-state index is 0.181. The van der Waals surface area contributed by atoms with E-state index in [0.717, 1.165) is 5.75 Å². The second-order valence-corrected chi connectivity index (χ2v) is 7.25. The summed E-state index contributed by atoms with van der Waals surface area (Å²) in [4.78, 5) is 14.8. The summed E-state index contributed by atoms with van der Waals surface area (Å²) < 4.78 is 12.8. The highest BCUT2D eigenvalue weighted by Gasteiger charge is 2.36. The monoisotopic (exact) mass is 359 g/mol. The van der Waals surface area contributed by atoms with E-state index in [1.807, 2.05) is 0 Å². The zero-order valence-corrected chi connectivity index (χ0v) is 14.0. The van der Waals surface area contributed by atoms with Gasteiger partial charge >= 0.3 is 0 Å². The number of nitrogens with one attached hydrogen (secondary N) is 1. The third kappa shape index (κ3) is 4.64. The average molecular weight is 359 g/mol. The van der Waals surface area contributed by atoms with Crippen molar-refractivity contribution in [2.24, 2.45) is 5.84 Å². The summed E-state index contributed by atoms with van der Waals surface area (Å²) in [6.07, 6.45) is 1.26. The van der Waals surface area contributed by atoms with Crippen molar-refractivity contribution in [2.45, 2.75) is 31.3 Å². The van der Waals surface area contributed by atoms with Gasteiger partial charge in [-0.2, -0.15) is 5.26 Å². The Bertz CT molecular complexity index is 566. The number of carbonyl (C=O) groups excluding carboxylic acids is 1. The summed E-state index contributed by atoms with van der Waals surface area (Å²) in [5.41, 5.74) is 2.60. The standard InChI is InChI=1S/C12H18N5O4PS/c13-2-1-3-23-22-20-6-10-9(19)4-11(21-10)17-7-15-8(5-18)12(17)16-14/h5,7,9-11,16,19,22H,1,3-4,6,14H2/t9-,10?,11?/m1/s1. The Hall–Kier alpha value is -1.21. The zero-order valence-electron chi connectivity index (χ0n) is 12.2. The lowest BCUT2D eigenvalue weighted by molar-refractivity contribution is -0.0360. The molecule has 0 amide bonds. The number of ether oxygens (including phenoxy) is 1. The number of nitrogens with two attached hydrogens (primary N) is 1. The summed E-state index contributed by atoms with van der Waals surface area (Å²) in [5, 5.41) is 18.5. The van der Waals surface area contributed by atoms with Gasteiger partial charge in [0, 0.05) is 18.6 Å². The summed E-state index contributed by atoms with van der Waals surface area (Å²) in [5.74, 6) is 6.47. The minimum atomic E-state index is -0.679. The van der Waals surface area contributed by atoms with E-state index in [2.05, 4.69) is 16.5 Å². The Labute approximate surface area is 139 Å². The number of carbonyl (C=O) groups is 1. The fourth-order valence-electron chi connectivity index (χ4n) is 2.16. The molecule has 1 fully saturated rings. The van der Waals surface area contributed by atoms with E-state index < -0.39 is 18.4 Å². The lowest BCUT2D eigenvalue weighted by atomic mass is 10.2. The van der Waals surface area contributed by atoms with E-state index in [-0.39, 0.29) is 20.3 Å². The van der Waals surface area contributed by atoms with Gasteiger partial charge in [0.15, 0.2) is 12.1 Å². The molecule has 1 saturated heterocycles. The van der Waals surface area contributed by atoms with E-state index in [4.69, 9.17) is 20.4 Å². The molecular weight excluding hydrogens is 341 g/mol. The predicted molar refractivity (Wildman–Crippen MR) is 86.9 cm³/mol. The molecule has 3 unspecified atom stereocenters. The summed E-state index contributed by atoms with van der Waals surface area (Å²) >= 11 is 1.54. The van der Waals surface area contributed by atoms with Gasteiger partial charge < -0.3 is 19.8 Å². The number of aromatic nitrogens is 2. The van der Waals surface area contributed by atoms with Crippen molar-refractivity contribution in [2.75, 3.05) is 17.8 Å². The van der Waals surface area contributed by atoms with Crippen molar-refractivity contribution in [1.82, 2.24) is 9.55 Å². The molecule has 23 heavy (non-hydrogen) atoms. The van der Waals surface area contributed by atoms with Crippen LogP contribution in [0.15, 0.2) is 6.33 Å². The van der Waals surface area contributed by atoms with Crippen molar-refractivity contribution in [3.05, 3.63) is 12.0 Å². The van der Waals surface area contributed by atoms with Crippen LogP contribution in [-0.4, -0.2) is 45.5 Å². The van der Waals surface area contributed by atoms with Gasteiger partial charge in [-0.05, 0) is 0 Å². The van der Waals surface area contributed by atoms with Gasteiger partial charge in [0.1, 0.15) is 18.0 Å². The van der Waals surface area contributed by atoms with E-state index in [1.165, 1.54) is 17.7 Å². The Morgan fingerprint density at radius 2 is 2.61 bits per heavy atom. The SMILES string of the molecule is N#CCCSPOCC1OC(n2cnc(C=O)c2NN)C[C@H]1O. The number of aliphatic hydroxyl groups excluding tert-OH is 1. The predicted octanol–water partition coefficient (Wildman–Crippen LogP) is 0.802. The molecule has 11 heteroatoms. The first-order valence-corrected chi connectivity index (χ1v) is 9.50. The minimum Gasteiger partial charge on any atom is -0.390 e. The van der Waals surface area contributed by atoms with E-state index >= 15 is 0 Å². The van der Waals surface area contributed by atoms with Gasteiger partial charge in [-0.15, -0.1) is 11.4 Å². The van der Waals surface area contributed by atoms with Gasteiger partial charge in [-0.25, -0.2) is 10.8 Å². The van der Waals surface area contributed by atoms with Gasteiger partial charge in [-0.1, -0.05) is 0 Å². The fourth-order valence-corrected chi connectivity index (χ4v) is 3.76. The van der Waals surface area contributed by atoms with Crippen LogP contribution >= 0.6 is 19.4 Å². The molecule has 1 aromatic heterocycles. The third-order valence-corrected chi connectivity index (χ3v) is 5.40. The molecule has 0 spiro atoms. The molecule has 1 aromatic rings. The van der Waals surface area contributed by atoms with E-state index in [0.29, 0.717) is 24.9 Å². The maximum absolute atomic E-state index is 10.9. The molecule has 0 radical (unpaired) electrons. The quantitative estimate of drug-likeness (QED) is 0.192. The number of nitrogens with zero attached hydrogens (tertiary/aromatic N) is 3. The van der Waals surface area contributed by atoms with Crippen LogP contribution in [0.25, 0.3) is 0 Å². The first-order chi connectivity index (χ1) is 11.2. The van der Waals surface area contributed by atoms with Crippen LogP contribution in [-0.2, 0) is 9.26 Å². The maximum Gasteiger partial charge on any atom is 0.172 e. The van der Waals surface area contributed by atoms with Gasteiger partial charge in [0.2, 0.25) is 0 Å². The van der Waals surface area contributed by atoms with Gasteiger partial charge in [0.25, 0.3) is 0 Å². The fraction of sp³-hybridized carbons (Fsp3) is 0.583. The smallest absolute Gasteiger partial charge is 0.172 e. The van der Waals surface area contributed by atoms with Crippen molar-refractivity contribution < 1.29 is 19.2 Å². The van der Waals surface area contributed by atoms with E-state index in [9.17, 15) is 9.90 Å². The van der Waals surface area contributed by atoms with Gasteiger partial charge in [-0.3, -0.25) is 9.36 Å². The van der Waals surface area contributed by atoms with E-state index in [1.54, 1.807) is 4.57 Å². The molecule has 126 valence electrons. The van der Waals surface area contributed by atoms with Crippen molar-refractivity contribution in [3.63, 3.8) is 0 Å². The molecule has 0 bridgehead atoms. The largest absolute Gasteiger partial charge is 0.390 e. The molecule has 0 aliphatic carbocycles. The number of nitrogen functional groups attached to an aromatic ring is 1. The van der Waals surface area contributed by atoms with Crippen molar-refractivity contribution >= 4 is 31.5 Å². The second kappa shape index (κ2) is 9.17. The van der Waals surface area contributed by atoms with Crippen LogP contribution in [0.5, 0.6) is 0 Å². The molecule has 0 aromatic carbocycles. The third-order valence-electron chi connectivity index (χ3n) is 3.27. The molecule has 4 atom stereocenters. The lowest BCUT2D eigenvalue weighted by Crippen LogP contribution is -2.25. The number of aldehydes is 1. The Balaban J connectivity index is 1.85. The number of imidazole rings is 1. The second-order valence-electron chi connectivity index (χ2n) is 4.73. The lowest BCUT2D eigenvalue weighted by Gasteiger charge is -2.17. The number of anilines is 1. The van der Waals surface area contributed by atoms with Crippen LogP contribution in [0.4, 0.5) is 5.82 Å². The molecule has 0 saturated carbocycles. The topological polar surface area (TPSA) is 135 Å². The highest BCUT2D eigenvalue weighted by molar-refractivity contribution is 8.48. The van der Waals surface area contributed by atoms with Crippen LogP contribution in [0, 0.1) is 11.3 Å². The summed E-state index contributed by atoms with van der Waals surface area (Å²) in [6.45, 7) is 0.260. The molecule has 4 N–H and O–H groups in total. The molecule has 1 aliphatic rings. The normalized spacial score (nSPS) is 24.1. The highest BCUT2D eigenvalue weighted by atomic mass is 32.7. The molecule has 2 heterocycles. The summed E-state index contributed by atoms with van der Waals surface area (Å²) in [7, 11) is 0.195. The van der Waals surface area contributed by atoms with Crippen LogP contribution in [0.2, 0.25) is 0 Å². The Morgan fingerprint density at radius 1 is 1.78 bits per heavy atom. The number of aliphatic hydroxyl groups is 1. The highest BCUT2D eigenvalue weighted by Crippen LogP contribution is 2.35. The zero-order chi connectivity index (χ0) is 16.7. The van der Waals surface area contributed by atoms with Gasteiger partial charge in [0.05, 0.1) is 33.1 Å². The van der Waals surface area contributed by atoms with Crippen molar-refractivity contribution in [1.29, 1.82) is 5.26 Å². The average Bonchev–Trinajstić information content (AvgIpc) is 3.13. The summed E-state index contributed by atoms with van der Waals surface area (Å²) in [6, 6.07) is 2.06. The first kappa shape index (κ1) is 18.1. The molecular formula is C12H18N5O4PS. The van der Waals surface area contributed by atoms with Crippen LogP contribution in [0.1, 0.15) is 29.6 Å².